The summed E-state index contributed by atoms with van der Waals surface area (Å²) in [5, 5.41) is 3.82. The summed E-state index contributed by atoms with van der Waals surface area (Å²) in [5.41, 5.74) is 4.04. The van der Waals surface area contributed by atoms with Crippen LogP contribution in [0.5, 0.6) is 5.75 Å². The van der Waals surface area contributed by atoms with Crippen LogP contribution >= 0.6 is 0 Å². The van der Waals surface area contributed by atoms with E-state index in [9.17, 15) is 0 Å². The highest BCUT2D eigenvalue weighted by Crippen LogP contribution is 2.36. The lowest BCUT2D eigenvalue weighted by Crippen LogP contribution is -2.45. The van der Waals surface area contributed by atoms with Crippen molar-refractivity contribution in [2.24, 2.45) is 0 Å². The predicted octanol–water partition coefficient (Wildman–Crippen LogP) is 4.18. The largest absolute Gasteiger partial charge is 0.484 e. The summed E-state index contributed by atoms with van der Waals surface area (Å²) in [4.78, 5) is 0. The molecule has 4 rings (SSSR count). The monoisotopic (exact) mass is 293 g/mol. The van der Waals surface area contributed by atoms with Gasteiger partial charge in [0.2, 0.25) is 0 Å². The van der Waals surface area contributed by atoms with E-state index < -0.39 is 0 Å². The van der Waals surface area contributed by atoms with E-state index in [4.69, 9.17) is 4.74 Å². The van der Waals surface area contributed by atoms with Crippen LogP contribution < -0.4 is 10.1 Å². The van der Waals surface area contributed by atoms with Gasteiger partial charge in [-0.15, -0.1) is 0 Å². The molecule has 0 aliphatic heterocycles. The van der Waals surface area contributed by atoms with Crippen molar-refractivity contribution in [1.29, 1.82) is 0 Å². The maximum absolute atomic E-state index is 6.38. The van der Waals surface area contributed by atoms with Crippen LogP contribution in [0.25, 0.3) is 0 Å². The van der Waals surface area contributed by atoms with Crippen molar-refractivity contribution >= 4 is 0 Å². The summed E-state index contributed by atoms with van der Waals surface area (Å²) in [5.74, 6) is 0.965. The first-order valence-corrected chi connectivity index (χ1v) is 8.37. The molecule has 0 radical (unpaired) electrons. The number of ether oxygens (including phenoxy) is 1. The molecule has 2 aromatic carbocycles. The van der Waals surface area contributed by atoms with Crippen molar-refractivity contribution in [3.63, 3.8) is 0 Å². The average Bonchev–Trinajstić information content (AvgIpc) is 2.83. The molecule has 0 aromatic heterocycles. The minimum atomic E-state index is 0.125. The normalized spacial score (nSPS) is 23.9. The zero-order valence-electron chi connectivity index (χ0n) is 13.1. The molecule has 2 aromatic rings. The van der Waals surface area contributed by atoms with Gasteiger partial charge >= 0.3 is 0 Å². The highest BCUT2D eigenvalue weighted by Gasteiger charge is 2.36. The number of aryl methyl sites for hydroxylation is 1. The molecule has 0 amide bonds. The Morgan fingerprint density at radius 3 is 2.50 bits per heavy atom. The molecular weight excluding hydrogens is 270 g/mol. The van der Waals surface area contributed by atoms with Gasteiger partial charge in [0.15, 0.2) is 0 Å². The van der Waals surface area contributed by atoms with E-state index >= 15 is 0 Å². The first-order chi connectivity index (χ1) is 10.8. The number of hydrogen-bond donors (Lipinski definition) is 1. The summed E-state index contributed by atoms with van der Waals surface area (Å²) in [6.45, 7) is 2.11. The molecule has 0 saturated heterocycles. The van der Waals surface area contributed by atoms with Crippen LogP contribution in [-0.4, -0.2) is 12.1 Å². The van der Waals surface area contributed by atoms with Gasteiger partial charge in [0, 0.05) is 6.04 Å². The molecule has 1 fully saturated rings. The molecule has 114 valence electrons. The molecule has 0 unspecified atom stereocenters. The van der Waals surface area contributed by atoms with E-state index in [1.165, 1.54) is 36.0 Å². The number of rotatable bonds is 4. The van der Waals surface area contributed by atoms with Crippen LogP contribution in [-0.2, 0) is 6.42 Å². The third-order valence-corrected chi connectivity index (χ3v) is 5.01. The lowest BCUT2D eigenvalue weighted by molar-refractivity contribution is 0.147. The maximum atomic E-state index is 6.38. The first-order valence-electron chi connectivity index (χ1n) is 8.37. The summed E-state index contributed by atoms with van der Waals surface area (Å²) < 4.78 is 6.38. The van der Waals surface area contributed by atoms with Crippen LogP contribution in [0.15, 0.2) is 48.5 Å². The predicted molar refractivity (Wildman–Crippen MR) is 89.3 cm³/mol. The van der Waals surface area contributed by atoms with Crippen LogP contribution in [0.4, 0.5) is 0 Å². The van der Waals surface area contributed by atoms with Crippen molar-refractivity contribution in [1.82, 2.24) is 5.32 Å². The fourth-order valence-electron chi connectivity index (χ4n) is 3.49. The standard InChI is InChI=1S/C20H23NO/c1-14-9-11-17(12-10-14)22-20-18-8-3-2-5-15(18)13-19(20)21-16-6-4-7-16/h2-3,5,8-12,16,19-21H,4,6-7,13H2,1H3/t19-,20+/m0/s1. The summed E-state index contributed by atoms with van der Waals surface area (Å²) >= 11 is 0. The van der Waals surface area contributed by atoms with Gasteiger partial charge in [-0.05, 0) is 49.4 Å². The lowest BCUT2D eigenvalue weighted by Gasteiger charge is -2.32. The second kappa shape index (κ2) is 5.77. The molecule has 1 N–H and O–H groups in total. The van der Waals surface area contributed by atoms with Gasteiger partial charge in [0.25, 0.3) is 0 Å². The van der Waals surface area contributed by atoms with E-state index in [-0.39, 0.29) is 6.10 Å². The molecule has 0 spiro atoms. The van der Waals surface area contributed by atoms with Crippen molar-refractivity contribution in [2.75, 3.05) is 0 Å². The Kier molecular flexibility index (Phi) is 3.63. The highest BCUT2D eigenvalue weighted by atomic mass is 16.5. The second-order valence-corrected chi connectivity index (χ2v) is 6.66. The van der Waals surface area contributed by atoms with E-state index in [0.29, 0.717) is 12.1 Å². The Morgan fingerprint density at radius 1 is 1.00 bits per heavy atom. The van der Waals surface area contributed by atoms with E-state index in [2.05, 4.69) is 60.8 Å². The smallest absolute Gasteiger partial charge is 0.140 e. The Bertz CT molecular complexity index is 645. The Balaban J connectivity index is 1.58. The fourth-order valence-corrected chi connectivity index (χ4v) is 3.49. The second-order valence-electron chi connectivity index (χ2n) is 6.66. The van der Waals surface area contributed by atoms with Crippen LogP contribution in [0.1, 0.15) is 42.1 Å². The Hall–Kier alpha value is -1.80. The van der Waals surface area contributed by atoms with Gasteiger partial charge < -0.3 is 10.1 Å². The molecule has 2 atom stereocenters. The van der Waals surface area contributed by atoms with Crippen molar-refractivity contribution in [3.8, 4) is 5.75 Å². The van der Waals surface area contributed by atoms with Gasteiger partial charge in [-0.2, -0.15) is 0 Å². The highest BCUT2D eigenvalue weighted by molar-refractivity contribution is 5.38. The summed E-state index contributed by atoms with van der Waals surface area (Å²) in [7, 11) is 0. The first kappa shape index (κ1) is 13.8. The minimum Gasteiger partial charge on any atom is -0.484 e. The van der Waals surface area contributed by atoms with Crippen LogP contribution in [0, 0.1) is 6.92 Å². The van der Waals surface area contributed by atoms with E-state index in [1.807, 2.05) is 0 Å². The number of nitrogens with one attached hydrogen (secondary N) is 1. The number of benzene rings is 2. The zero-order chi connectivity index (χ0) is 14.9. The molecule has 2 heteroatoms. The fraction of sp³-hybridized carbons (Fsp3) is 0.400. The quantitative estimate of drug-likeness (QED) is 0.913. The van der Waals surface area contributed by atoms with Gasteiger partial charge in [-0.1, -0.05) is 48.4 Å². The third-order valence-electron chi connectivity index (χ3n) is 5.01. The maximum Gasteiger partial charge on any atom is 0.140 e. The molecule has 2 aliphatic carbocycles. The topological polar surface area (TPSA) is 21.3 Å². The van der Waals surface area contributed by atoms with Crippen LogP contribution in [0.2, 0.25) is 0 Å². The third kappa shape index (κ3) is 2.64. The Morgan fingerprint density at radius 2 is 1.77 bits per heavy atom. The van der Waals surface area contributed by atoms with Crippen molar-refractivity contribution in [2.45, 2.75) is 50.8 Å². The summed E-state index contributed by atoms with van der Waals surface area (Å²) in [6.07, 6.45) is 5.18. The molecule has 0 heterocycles. The number of hydrogen-bond acceptors (Lipinski definition) is 2. The molecule has 1 saturated carbocycles. The molecule has 2 nitrogen and oxygen atoms in total. The van der Waals surface area contributed by atoms with E-state index in [1.54, 1.807) is 0 Å². The minimum absolute atomic E-state index is 0.125. The van der Waals surface area contributed by atoms with Gasteiger partial charge in [0.05, 0.1) is 6.04 Å². The zero-order valence-corrected chi connectivity index (χ0v) is 13.1. The molecule has 0 bridgehead atoms. The molecule has 2 aliphatic rings. The molecule has 22 heavy (non-hydrogen) atoms. The Labute approximate surface area is 132 Å². The SMILES string of the molecule is Cc1ccc(O[C@@H]2c3ccccc3C[C@@H]2NC2CCC2)cc1. The van der Waals surface area contributed by atoms with E-state index in [0.717, 1.165) is 12.2 Å². The van der Waals surface area contributed by atoms with Crippen molar-refractivity contribution < 1.29 is 4.74 Å². The van der Waals surface area contributed by atoms with Crippen LogP contribution in [0.3, 0.4) is 0 Å². The van der Waals surface area contributed by atoms with Crippen molar-refractivity contribution in [3.05, 3.63) is 65.2 Å². The summed E-state index contributed by atoms with van der Waals surface area (Å²) in [6, 6.07) is 18.2. The van der Waals surface area contributed by atoms with Gasteiger partial charge in [-0.3, -0.25) is 0 Å². The van der Waals surface area contributed by atoms with Gasteiger partial charge in [-0.25, -0.2) is 0 Å². The van der Waals surface area contributed by atoms with Gasteiger partial charge in [0.1, 0.15) is 11.9 Å². The number of fused-ring (bicyclic) bond motifs is 1. The lowest BCUT2D eigenvalue weighted by atomic mass is 9.92. The molecular formula is C20H23NO. The average molecular weight is 293 g/mol.